The highest BCUT2D eigenvalue weighted by atomic mass is 16.7. The van der Waals surface area contributed by atoms with Crippen molar-refractivity contribution in [3.63, 3.8) is 0 Å². The normalized spacial score (nSPS) is 24.6. The molecule has 74 valence electrons. The summed E-state index contributed by atoms with van der Waals surface area (Å²) in [6.07, 6.45) is 4.72. The van der Waals surface area contributed by atoms with Gasteiger partial charge in [-0.2, -0.15) is 0 Å². The Morgan fingerprint density at radius 2 is 1.85 bits per heavy atom. The highest BCUT2D eigenvalue weighted by molar-refractivity contribution is 5.79. The monoisotopic (exact) mass is 184 g/mol. The zero-order chi connectivity index (χ0) is 9.10. The smallest absolute Gasteiger partial charge is 0.164 e. The van der Waals surface area contributed by atoms with Crippen LogP contribution in [0, 0.1) is 5.92 Å². The first-order valence-electron chi connectivity index (χ1n) is 5.09. The van der Waals surface area contributed by atoms with Gasteiger partial charge in [0.1, 0.15) is 5.78 Å². The molecule has 2 fully saturated rings. The van der Waals surface area contributed by atoms with Crippen LogP contribution in [-0.2, 0) is 14.3 Å². The highest BCUT2D eigenvalue weighted by Crippen LogP contribution is 2.30. The van der Waals surface area contributed by atoms with Crippen LogP contribution in [0.15, 0.2) is 0 Å². The van der Waals surface area contributed by atoms with Gasteiger partial charge < -0.3 is 9.47 Å². The topological polar surface area (TPSA) is 35.5 Å². The predicted octanol–water partition coefficient (Wildman–Crippen LogP) is 1.51. The number of carbonyl (C=O) groups excluding carboxylic acids is 1. The van der Waals surface area contributed by atoms with Crippen LogP contribution >= 0.6 is 0 Å². The van der Waals surface area contributed by atoms with Crippen molar-refractivity contribution >= 4 is 5.78 Å². The molecule has 2 aliphatic rings. The van der Waals surface area contributed by atoms with Crippen molar-refractivity contribution in [1.29, 1.82) is 0 Å². The minimum Gasteiger partial charge on any atom is -0.350 e. The number of ether oxygens (including phenoxy) is 2. The average Bonchev–Trinajstić information content (AvgIpc) is 2.49. The van der Waals surface area contributed by atoms with Crippen molar-refractivity contribution in [2.45, 2.75) is 38.4 Å². The van der Waals surface area contributed by atoms with E-state index in [1.54, 1.807) is 0 Å². The molecule has 1 aliphatic carbocycles. The minimum atomic E-state index is -0.243. The zero-order valence-electron chi connectivity index (χ0n) is 7.83. The molecule has 0 aromatic carbocycles. The van der Waals surface area contributed by atoms with E-state index in [0.29, 0.717) is 31.3 Å². The fourth-order valence-electron chi connectivity index (χ4n) is 1.81. The number of hydrogen-bond acceptors (Lipinski definition) is 3. The predicted molar refractivity (Wildman–Crippen MR) is 47.3 cm³/mol. The molecule has 1 heterocycles. The second-order valence-electron chi connectivity index (χ2n) is 3.91. The maximum absolute atomic E-state index is 11.4. The van der Waals surface area contributed by atoms with E-state index in [4.69, 9.17) is 9.47 Å². The van der Waals surface area contributed by atoms with Crippen molar-refractivity contribution in [2.75, 3.05) is 13.2 Å². The van der Waals surface area contributed by atoms with Crippen LogP contribution in [0.2, 0.25) is 0 Å². The molecule has 0 N–H and O–H groups in total. The lowest BCUT2D eigenvalue weighted by atomic mass is 9.81. The Bertz CT molecular complexity index is 181. The third-order valence-electron chi connectivity index (χ3n) is 2.83. The summed E-state index contributed by atoms with van der Waals surface area (Å²) < 4.78 is 10.4. The third kappa shape index (κ3) is 2.51. The number of Topliss-reactive ketones (excluding diaryl/α,β-unsaturated/α-hetero) is 1. The standard InChI is InChI=1S/C10H16O3/c11-9(6-8-2-1-3-8)7-10-12-4-5-13-10/h8,10H,1-7H2. The van der Waals surface area contributed by atoms with Gasteiger partial charge in [0.05, 0.1) is 19.6 Å². The fraction of sp³-hybridized carbons (Fsp3) is 0.900. The quantitative estimate of drug-likeness (QED) is 0.664. The summed E-state index contributed by atoms with van der Waals surface area (Å²) >= 11 is 0. The summed E-state index contributed by atoms with van der Waals surface area (Å²) in [6.45, 7) is 1.28. The van der Waals surface area contributed by atoms with Crippen LogP contribution in [0.3, 0.4) is 0 Å². The molecule has 13 heavy (non-hydrogen) atoms. The van der Waals surface area contributed by atoms with E-state index < -0.39 is 0 Å². The molecule has 0 bridgehead atoms. The van der Waals surface area contributed by atoms with E-state index >= 15 is 0 Å². The molecule has 0 amide bonds. The Balaban J connectivity index is 1.64. The Hall–Kier alpha value is -0.410. The van der Waals surface area contributed by atoms with Crippen LogP contribution in [0.25, 0.3) is 0 Å². The first kappa shape index (κ1) is 9.16. The molecule has 0 aromatic rings. The lowest BCUT2D eigenvalue weighted by molar-refractivity contribution is -0.128. The summed E-state index contributed by atoms with van der Waals surface area (Å²) in [5.74, 6) is 0.963. The SMILES string of the molecule is O=C(CC1CCC1)CC1OCCO1. The van der Waals surface area contributed by atoms with Crippen LogP contribution in [0.5, 0.6) is 0 Å². The van der Waals surface area contributed by atoms with Crippen molar-refractivity contribution < 1.29 is 14.3 Å². The first-order chi connectivity index (χ1) is 6.34. The molecule has 0 atom stereocenters. The molecular formula is C10H16O3. The fourth-order valence-corrected chi connectivity index (χ4v) is 1.81. The summed E-state index contributed by atoms with van der Waals surface area (Å²) in [6, 6.07) is 0. The van der Waals surface area contributed by atoms with E-state index in [0.717, 1.165) is 6.42 Å². The van der Waals surface area contributed by atoms with Gasteiger partial charge in [0.15, 0.2) is 6.29 Å². The van der Waals surface area contributed by atoms with Crippen molar-refractivity contribution in [3.05, 3.63) is 0 Å². The molecule has 0 aromatic heterocycles. The summed E-state index contributed by atoms with van der Waals surface area (Å²) in [4.78, 5) is 11.4. The zero-order valence-corrected chi connectivity index (χ0v) is 7.83. The molecule has 3 nitrogen and oxygen atoms in total. The molecule has 1 aliphatic heterocycles. The molecule has 1 saturated carbocycles. The van der Waals surface area contributed by atoms with Gasteiger partial charge in [0.2, 0.25) is 0 Å². The second kappa shape index (κ2) is 4.20. The second-order valence-corrected chi connectivity index (χ2v) is 3.91. The van der Waals surface area contributed by atoms with E-state index in [9.17, 15) is 4.79 Å². The number of carbonyl (C=O) groups is 1. The Kier molecular flexibility index (Phi) is 2.96. The van der Waals surface area contributed by atoms with Gasteiger partial charge in [0, 0.05) is 6.42 Å². The summed E-state index contributed by atoms with van der Waals surface area (Å²) in [5, 5.41) is 0. The van der Waals surface area contributed by atoms with E-state index in [-0.39, 0.29) is 6.29 Å². The number of ketones is 1. The maximum atomic E-state index is 11.4. The van der Waals surface area contributed by atoms with Crippen molar-refractivity contribution in [1.82, 2.24) is 0 Å². The molecule has 2 rings (SSSR count). The van der Waals surface area contributed by atoms with E-state index in [1.807, 2.05) is 0 Å². The Morgan fingerprint density at radius 3 is 2.38 bits per heavy atom. The summed E-state index contributed by atoms with van der Waals surface area (Å²) in [5.41, 5.74) is 0. The lowest BCUT2D eigenvalue weighted by Gasteiger charge is -2.24. The average molecular weight is 184 g/mol. The number of rotatable bonds is 4. The van der Waals surface area contributed by atoms with Gasteiger partial charge in [-0.1, -0.05) is 19.3 Å². The minimum absolute atomic E-state index is 0.243. The Labute approximate surface area is 78.4 Å². The van der Waals surface area contributed by atoms with Gasteiger partial charge in [0.25, 0.3) is 0 Å². The molecular weight excluding hydrogens is 168 g/mol. The largest absolute Gasteiger partial charge is 0.350 e. The molecule has 0 spiro atoms. The lowest BCUT2D eigenvalue weighted by Crippen LogP contribution is -2.20. The van der Waals surface area contributed by atoms with E-state index in [2.05, 4.69) is 0 Å². The van der Waals surface area contributed by atoms with Crippen molar-refractivity contribution in [3.8, 4) is 0 Å². The highest BCUT2D eigenvalue weighted by Gasteiger charge is 2.24. The summed E-state index contributed by atoms with van der Waals surface area (Å²) in [7, 11) is 0. The van der Waals surface area contributed by atoms with Gasteiger partial charge in [-0.05, 0) is 5.92 Å². The Morgan fingerprint density at radius 1 is 1.15 bits per heavy atom. The van der Waals surface area contributed by atoms with E-state index in [1.165, 1.54) is 19.3 Å². The van der Waals surface area contributed by atoms with Gasteiger partial charge in [-0.25, -0.2) is 0 Å². The van der Waals surface area contributed by atoms with Gasteiger partial charge >= 0.3 is 0 Å². The maximum Gasteiger partial charge on any atom is 0.164 e. The van der Waals surface area contributed by atoms with Gasteiger partial charge in [-0.3, -0.25) is 4.79 Å². The van der Waals surface area contributed by atoms with Crippen LogP contribution in [0.4, 0.5) is 0 Å². The van der Waals surface area contributed by atoms with Gasteiger partial charge in [-0.15, -0.1) is 0 Å². The molecule has 0 unspecified atom stereocenters. The molecule has 0 radical (unpaired) electrons. The van der Waals surface area contributed by atoms with Crippen LogP contribution in [0.1, 0.15) is 32.1 Å². The molecule has 1 saturated heterocycles. The number of hydrogen-bond donors (Lipinski definition) is 0. The first-order valence-corrected chi connectivity index (χ1v) is 5.09. The van der Waals surface area contributed by atoms with Crippen LogP contribution in [-0.4, -0.2) is 25.3 Å². The third-order valence-corrected chi connectivity index (χ3v) is 2.83. The van der Waals surface area contributed by atoms with Crippen molar-refractivity contribution in [2.24, 2.45) is 5.92 Å². The molecule has 3 heteroatoms. The van der Waals surface area contributed by atoms with Crippen LogP contribution < -0.4 is 0 Å².